The van der Waals surface area contributed by atoms with Gasteiger partial charge in [0, 0.05) is 0 Å². The molecule has 0 fully saturated rings. The lowest BCUT2D eigenvalue weighted by atomic mass is 10.1. The van der Waals surface area contributed by atoms with Gasteiger partial charge in [0.05, 0.1) is 30.8 Å². The Morgan fingerprint density at radius 3 is 2.48 bits per heavy atom. The van der Waals surface area contributed by atoms with Crippen LogP contribution in [0.5, 0.6) is 11.5 Å². The summed E-state index contributed by atoms with van der Waals surface area (Å²) in [5.41, 5.74) is 0.919. The summed E-state index contributed by atoms with van der Waals surface area (Å²) >= 11 is 5.94. The normalized spacial score (nSPS) is 11.7. The van der Waals surface area contributed by atoms with Crippen LogP contribution in [0.3, 0.4) is 0 Å². The predicted octanol–water partition coefficient (Wildman–Crippen LogP) is 3.99. The lowest BCUT2D eigenvalue weighted by Crippen LogP contribution is -2.27. The van der Waals surface area contributed by atoms with Crippen molar-refractivity contribution in [3.05, 3.63) is 58.4 Å². The van der Waals surface area contributed by atoms with Gasteiger partial charge in [0.25, 0.3) is 5.91 Å². The van der Waals surface area contributed by atoms with E-state index in [1.54, 1.807) is 19.2 Å². The van der Waals surface area contributed by atoms with E-state index in [-0.39, 0.29) is 16.6 Å². The third-order valence-electron chi connectivity index (χ3n) is 3.43. The van der Waals surface area contributed by atoms with E-state index in [9.17, 15) is 9.18 Å². The van der Waals surface area contributed by atoms with Crippen LogP contribution in [-0.4, -0.2) is 20.1 Å². The summed E-state index contributed by atoms with van der Waals surface area (Å²) in [5, 5.41) is 2.98. The van der Waals surface area contributed by atoms with Gasteiger partial charge in [0.1, 0.15) is 5.82 Å². The van der Waals surface area contributed by atoms with Crippen molar-refractivity contribution in [3.63, 3.8) is 0 Å². The first-order valence-corrected chi connectivity index (χ1v) is 7.32. The first-order chi connectivity index (χ1) is 11.0. The summed E-state index contributed by atoms with van der Waals surface area (Å²) in [6, 6.07) is 8.70. The fourth-order valence-corrected chi connectivity index (χ4v) is 2.35. The summed E-state index contributed by atoms with van der Waals surface area (Å²) in [6.07, 6.45) is 0. The van der Waals surface area contributed by atoms with Crippen LogP contribution in [0.4, 0.5) is 4.39 Å². The van der Waals surface area contributed by atoms with Gasteiger partial charge in [-0.3, -0.25) is 4.79 Å². The average Bonchev–Trinajstić information content (AvgIpc) is 2.56. The molecule has 122 valence electrons. The highest BCUT2D eigenvalue weighted by atomic mass is 35.5. The minimum atomic E-state index is -0.515. The van der Waals surface area contributed by atoms with Gasteiger partial charge in [-0.15, -0.1) is 0 Å². The number of carbonyl (C=O) groups is 1. The SMILES string of the molecule is COc1ccc([C@H](C)NC(=O)c2cc(F)ccc2Cl)cc1OC. The standard InChI is InChI=1S/C17H17ClFNO3/c1-10(11-4-7-15(22-2)16(8-11)23-3)20-17(21)13-9-12(19)5-6-14(13)18/h4-10H,1-3H3,(H,20,21)/t10-/m0/s1. The second-order valence-corrected chi connectivity index (χ2v) is 5.34. The van der Waals surface area contributed by atoms with Crippen molar-refractivity contribution < 1.29 is 18.7 Å². The van der Waals surface area contributed by atoms with Crippen molar-refractivity contribution in [1.29, 1.82) is 0 Å². The molecule has 2 rings (SSSR count). The molecule has 1 N–H and O–H groups in total. The van der Waals surface area contributed by atoms with E-state index in [0.29, 0.717) is 11.5 Å². The van der Waals surface area contributed by atoms with Crippen molar-refractivity contribution >= 4 is 17.5 Å². The van der Waals surface area contributed by atoms with Crippen LogP contribution in [0.25, 0.3) is 0 Å². The number of nitrogens with one attached hydrogen (secondary N) is 1. The van der Waals surface area contributed by atoms with Crippen molar-refractivity contribution in [3.8, 4) is 11.5 Å². The minimum absolute atomic E-state index is 0.0963. The van der Waals surface area contributed by atoms with E-state index in [2.05, 4.69) is 5.32 Å². The van der Waals surface area contributed by atoms with E-state index in [0.717, 1.165) is 11.6 Å². The zero-order valence-corrected chi connectivity index (χ0v) is 13.8. The highest BCUT2D eigenvalue weighted by Crippen LogP contribution is 2.30. The Morgan fingerprint density at radius 1 is 1.13 bits per heavy atom. The molecule has 0 aliphatic carbocycles. The molecule has 1 amide bonds. The van der Waals surface area contributed by atoms with Gasteiger partial charge in [-0.05, 0) is 42.8 Å². The summed E-state index contributed by atoms with van der Waals surface area (Å²) < 4.78 is 23.7. The van der Waals surface area contributed by atoms with Gasteiger partial charge < -0.3 is 14.8 Å². The van der Waals surface area contributed by atoms with Crippen LogP contribution in [0, 0.1) is 5.82 Å². The first-order valence-electron chi connectivity index (χ1n) is 6.94. The number of hydrogen-bond donors (Lipinski definition) is 1. The number of amides is 1. The summed E-state index contributed by atoms with van der Waals surface area (Å²) in [4.78, 5) is 12.3. The molecule has 0 spiro atoms. The van der Waals surface area contributed by atoms with Crippen molar-refractivity contribution in [1.82, 2.24) is 5.32 Å². The zero-order chi connectivity index (χ0) is 17.0. The molecule has 6 heteroatoms. The number of halogens is 2. The zero-order valence-electron chi connectivity index (χ0n) is 13.0. The van der Waals surface area contributed by atoms with E-state index in [1.807, 2.05) is 13.0 Å². The predicted molar refractivity (Wildman–Crippen MR) is 86.8 cm³/mol. The Morgan fingerprint density at radius 2 is 1.83 bits per heavy atom. The van der Waals surface area contributed by atoms with E-state index < -0.39 is 11.7 Å². The molecule has 0 bridgehead atoms. The third-order valence-corrected chi connectivity index (χ3v) is 3.76. The average molecular weight is 338 g/mol. The molecule has 1 atom stereocenters. The third kappa shape index (κ3) is 3.93. The maximum atomic E-state index is 13.3. The largest absolute Gasteiger partial charge is 0.493 e. The van der Waals surface area contributed by atoms with Gasteiger partial charge in [-0.2, -0.15) is 0 Å². The van der Waals surface area contributed by atoms with Crippen molar-refractivity contribution in [2.75, 3.05) is 14.2 Å². The molecule has 0 saturated heterocycles. The maximum Gasteiger partial charge on any atom is 0.253 e. The van der Waals surface area contributed by atoms with E-state index in [1.165, 1.54) is 19.2 Å². The molecular formula is C17H17ClFNO3. The van der Waals surface area contributed by atoms with Gasteiger partial charge in [0.2, 0.25) is 0 Å². The van der Waals surface area contributed by atoms with Gasteiger partial charge >= 0.3 is 0 Å². The minimum Gasteiger partial charge on any atom is -0.493 e. The fraction of sp³-hybridized carbons (Fsp3) is 0.235. The molecule has 0 saturated carbocycles. The van der Waals surface area contributed by atoms with Crippen molar-refractivity contribution in [2.24, 2.45) is 0 Å². The lowest BCUT2D eigenvalue weighted by Gasteiger charge is -2.17. The Balaban J connectivity index is 2.19. The highest BCUT2D eigenvalue weighted by Gasteiger charge is 2.16. The Labute approximate surface area is 139 Å². The molecule has 0 aliphatic heterocycles. The number of methoxy groups -OCH3 is 2. The molecule has 0 aromatic heterocycles. The van der Waals surface area contributed by atoms with Crippen LogP contribution in [0.15, 0.2) is 36.4 Å². The molecule has 0 heterocycles. The maximum absolute atomic E-state index is 13.3. The van der Waals surface area contributed by atoms with E-state index >= 15 is 0 Å². The topological polar surface area (TPSA) is 47.6 Å². The Kier molecular flexibility index (Phi) is 5.45. The van der Waals surface area contributed by atoms with Gasteiger partial charge in [0.15, 0.2) is 11.5 Å². The Hall–Kier alpha value is -2.27. The number of rotatable bonds is 5. The van der Waals surface area contributed by atoms with Crippen molar-refractivity contribution in [2.45, 2.75) is 13.0 Å². The number of benzene rings is 2. The van der Waals surface area contributed by atoms with Crippen LogP contribution in [0.1, 0.15) is 28.9 Å². The van der Waals surface area contributed by atoms with Gasteiger partial charge in [-0.25, -0.2) is 4.39 Å². The fourth-order valence-electron chi connectivity index (χ4n) is 2.15. The van der Waals surface area contributed by atoms with Gasteiger partial charge in [-0.1, -0.05) is 17.7 Å². The number of ether oxygens (including phenoxy) is 2. The second kappa shape index (κ2) is 7.33. The molecule has 23 heavy (non-hydrogen) atoms. The molecule has 4 nitrogen and oxygen atoms in total. The van der Waals surface area contributed by atoms with Crippen LogP contribution in [0.2, 0.25) is 5.02 Å². The number of hydrogen-bond acceptors (Lipinski definition) is 3. The van der Waals surface area contributed by atoms with Crippen LogP contribution >= 0.6 is 11.6 Å². The van der Waals surface area contributed by atoms with Crippen LogP contribution in [-0.2, 0) is 0 Å². The molecule has 2 aromatic rings. The monoisotopic (exact) mass is 337 g/mol. The molecule has 0 radical (unpaired) electrons. The molecule has 0 aliphatic rings. The lowest BCUT2D eigenvalue weighted by molar-refractivity contribution is 0.0939. The highest BCUT2D eigenvalue weighted by molar-refractivity contribution is 6.33. The Bertz CT molecular complexity index is 721. The molecular weight excluding hydrogens is 321 g/mol. The summed E-state index contributed by atoms with van der Waals surface area (Å²) in [5.74, 6) is 0.202. The second-order valence-electron chi connectivity index (χ2n) is 4.93. The molecule has 0 unspecified atom stereocenters. The van der Waals surface area contributed by atoms with E-state index in [4.69, 9.17) is 21.1 Å². The summed E-state index contributed by atoms with van der Waals surface area (Å²) in [7, 11) is 3.09. The summed E-state index contributed by atoms with van der Waals surface area (Å²) in [6.45, 7) is 1.81. The first kappa shape index (κ1) is 17.1. The smallest absolute Gasteiger partial charge is 0.253 e. The van der Waals surface area contributed by atoms with Crippen LogP contribution < -0.4 is 14.8 Å². The quantitative estimate of drug-likeness (QED) is 0.897. The molecule has 2 aromatic carbocycles. The number of carbonyl (C=O) groups excluding carboxylic acids is 1.